The van der Waals surface area contributed by atoms with E-state index >= 15 is 0 Å². The zero-order chi connectivity index (χ0) is 15.1. The van der Waals surface area contributed by atoms with Gasteiger partial charge in [0.25, 0.3) is 0 Å². The molecule has 0 radical (unpaired) electrons. The van der Waals surface area contributed by atoms with Crippen molar-refractivity contribution in [2.24, 2.45) is 4.99 Å². The number of hydrogen-bond acceptors (Lipinski definition) is 3. The first-order valence-electron chi connectivity index (χ1n) is 7.00. The van der Waals surface area contributed by atoms with Gasteiger partial charge in [0.2, 0.25) is 0 Å². The van der Waals surface area contributed by atoms with Gasteiger partial charge in [-0.15, -0.1) is 0 Å². The Labute approximate surface area is 127 Å². The van der Waals surface area contributed by atoms with Crippen LogP contribution in [0, 0.1) is 0 Å². The average Bonchev–Trinajstić information content (AvgIpc) is 2.93. The van der Waals surface area contributed by atoms with Gasteiger partial charge >= 0.3 is 5.97 Å². The molecule has 0 spiro atoms. The lowest BCUT2D eigenvalue weighted by molar-refractivity contribution is -0.132. The van der Waals surface area contributed by atoms with E-state index in [0.29, 0.717) is 0 Å². The third kappa shape index (κ3) is 1.89. The lowest BCUT2D eigenvalue weighted by Crippen LogP contribution is -2.17. The molecule has 22 heavy (non-hydrogen) atoms. The van der Waals surface area contributed by atoms with E-state index in [4.69, 9.17) is 4.99 Å². The van der Waals surface area contributed by atoms with Gasteiger partial charge in [-0.1, -0.05) is 30.3 Å². The number of hydrogen-bond donors (Lipinski definition) is 1. The summed E-state index contributed by atoms with van der Waals surface area (Å²) in [5.41, 5.74) is 4.69. The van der Waals surface area contributed by atoms with Gasteiger partial charge in [-0.3, -0.25) is 9.98 Å². The molecular weight excluding hydrogens is 276 g/mol. The van der Waals surface area contributed by atoms with Crippen LogP contribution < -0.4 is 0 Å². The van der Waals surface area contributed by atoms with Gasteiger partial charge in [-0.2, -0.15) is 0 Å². The SMILES string of the molecule is O=C(O)C1=CC(c2ccccn2)C2=Nc3ccccc3C2=C1. The lowest BCUT2D eigenvalue weighted by Gasteiger charge is -2.19. The highest BCUT2D eigenvalue weighted by Crippen LogP contribution is 2.42. The van der Waals surface area contributed by atoms with Crippen molar-refractivity contribution in [2.75, 3.05) is 0 Å². The third-order valence-corrected chi connectivity index (χ3v) is 3.91. The van der Waals surface area contributed by atoms with Gasteiger partial charge in [0.15, 0.2) is 0 Å². The van der Waals surface area contributed by atoms with E-state index in [9.17, 15) is 9.90 Å². The number of fused-ring (bicyclic) bond motifs is 3. The number of carboxylic acids is 1. The Hall–Kier alpha value is -3.01. The Kier molecular flexibility index (Phi) is 2.76. The Balaban J connectivity index is 1.91. The van der Waals surface area contributed by atoms with Crippen molar-refractivity contribution in [3.63, 3.8) is 0 Å². The molecule has 106 valence electrons. The minimum absolute atomic E-state index is 0.236. The Morgan fingerprint density at radius 2 is 1.91 bits per heavy atom. The summed E-state index contributed by atoms with van der Waals surface area (Å²) in [6.45, 7) is 0. The van der Waals surface area contributed by atoms with Crippen LogP contribution in [-0.2, 0) is 4.79 Å². The number of aliphatic carboxylic acids is 1. The quantitative estimate of drug-likeness (QED) is 0.921. The number of carbonyl (C=O) groups is 1. The number of para-hydroxylation sites is 1. The molecule has 0 amide bonds. The zero-order valence-corrected chi connectivity index (χ0v) is 11.6. The third-order valence-electron chi connectivity index (χ3n) is 3.91. The molecule has 0 saturated heterocycles. The van der Waals surface area contributed by atoms with Crippen LogP contribution in [0.1, 0.15) is 17.2 Å². The van der Waals surface area contributed by atoms with Crippen LogP contribution in [0.3, 0.4) is 0 Å². The molecule has 2 heterocycles. The summed E-state index contributed by atoms with van der Waals surface area (Å²) >= 11 is 0. The van der Waals surface area contributed by atoms with Crippen molar-refractivity contribution in [3.8, 4) is 0 Å². The molecule has 4 heteroatoms. The number of allylic oxidation sites excluding steroid dienone is 2. The minimum Gasteiger partial charge on any atom is -0.478 e. The predicted octanol–water partition coefficient (Wildman–Crippen LogP) is 3.36. The molecule has 2 aliphatic rings. The second-order valence-electron chi connectivity index (χ2n) is 5.23. The molecule has 1 aliphatic carbocycles. The molecule has 1 atom stereocenters. The fraction of sp³-hybridized carbons (Fsp3) is 0.0556. The predicted molar refractivity (Wildman–Crippen MR) is 84.2 cm³/mol. The molecule has 0 fully saturated rings. The van der Waals surface area contributed by atoms with Gasteiger partial charge in [0.05, 0.1) is 28.6 Å². The van der Waals surface area contributed by atoms with Gasteiger partial charge in [-0.25, -0.2) is 4.79 Å². The van der Waals surface area contributed by atoms with Crippen molar-refractivity contribution in [1.82, 2.24) is 4.98 Å². The molecule has 2 aromatic rings. The molecule has 1 aliphatic heterocycles. The second kappa shape index (κ2) is 4.77. The Bertz CT molecular complexity index is 864. The summed E-state index contributed by atoms with van der Waals surface area (Å²) in [5, 5.41) is 9.40. The molecule has 1 aromatic heterocycles. The van der Waals surface area contributed by atoms with E-state index < -0.39 is 5.97 Å². The van der Waals surface area contributed by atoms with Crippen LogP contribution in [0.15, 0.2) is 71.4 Å². The molecule has 4 nitrogen and oxygen atoms in total. The molecular formula is C18H12N2O2. The number of benzene rings is 1. The van der Waals surface area contributed by atoms with E-state index in [2.05, 4.69) is 4.98 Å². The summed E-state index contributed by atoms with van der Waals surface area (Å²) < 4.78 is 0. The highest BCUT2D eigenvalue weighted by atomic mass is 16.4. The van der Waals surface area contributed by atoms with Crippen molar-refractivity contribution >= 4 is 22.9 Å². The number of carboxylic acid groups (broad SMARTS) is 1. The average molecular weight is 288 g/mol. The highest BCUT2D eigenvalue weighted by molar-refractivity contribution is 6.33. The Morgan fingerprint density at radius 1 is 1.09 bits per heavy atom. The van der Waals surface area contributed by atoms with Crippen LogP contribution in [0.2, 0.25) is 0 Å². The fourth-order valence-electron chi connectivity index (χ4n) is 2.90. The maximum absolute atomic E-state index is 11.5. The van der Waals surface area contributed by atoms with E-state index in [1.807, 2.05) is 42.5 Å². The molecule has 1 unspecified atom stereocenters. The van der Waals surface area contributed by atoms with Gasteiger partial charge in [0.1, 0.15) is 0 Å². The van der Waals surface area contributed by atoms with Gasteiger partial charge in [0, 0.05) is 17.3 Å². The molecule has 1 N–H and O–H groups in total. The Morgan fingerprint density at radius 3 is 2.68 bits per heavy atom. The first-order valence-corrected chi connectivity index (χ1v) is 7.00. The van der Waals surface area contributed by atoms with Crippen molar-refractivity contribution in [3.05, 3.63) is 77.6 Å². The summed E-state index contributed by atoms with van der Waals surface area (Å²) in [6.07, 6.45) is 5.13. The summed E-state index contributed by atoms with van der Waals surface area (Å²) in [5.74, 6) is -1.17. The summed E-state index contributed by atoms with van der Waals surface area (Å²) in [6, 6.07) is 13.4. The number of rotatable bonds is 2. The number of nitrogens with zero attached hydrogens (tertiary/aromatic N) is 2. The second-order valence-corrected chi connectivity index (χ2v) is 5.23. The first-order chi connectivity index (χ1) is 10.7. The van der Waals surface area contributed by atoms with Crippen molar-refractivity contribution < 1.29 is 9.90 Å². The van der Waals surface area contributed by atoms with Crippen molar-refractivity contribution in [2.45, 2.75) is 5.92 Å². The fourth-order valence-corrected chi connectivity index (χ4v) is 2.90. The van der Waals surface area contributed by atoms with Crippen LogP contribution in [0.5, 0.6) is 0 Å². The minimum atomic E-state index is -0.933. The van der Waals surface area contributed by atoms with E-state index in [1.54, 1.807) is 18.3 Å². The summed E-state index contributed by atoms with van der Waals surface area (Å²) in [7, 11) is 0. The smallest absolute Gasteiger partial charge is 0.335 e. The number of pyridine rings is 1. The van der Waals surface area contributed by atoms with Crippen LogP contribution in [0.4, 0.5) is 5.69 Å². The topological polar surface area (TPSA) is 62.5 Å². The zero-order valence-electron chi connectivity index (χ0n) is 11.6. The lowest BCUT2D eigenvalue weighted by atomic mass is 9.84. The molecule has 0 saturated carbocycles. The monoisotopic (exact) mass is 288 g/mol. The van der Waals surface area contributed by atoms with E-state index in [-0.39, 0.29) is 11.5 Å². The van der Waals surface area contributed by atoms with Crippen LogP contribution in [-0.4, -0.2) is 21.8 Å². The maximum Gasteiger partial charge on any atom is 0.335 e. The largest absolute Gasteiger partial charge is 0.478 e. The highest BCUT2D eigenvalue weighted by Gasteiger charge is 2.32. The normalized spacial score (nSPS) is 18.7. The molecule has 1 aromatic carbocycles. The van der Waals surface area contributed by atoms with Gasteiger partial charge < -0.3 is 5.11 Å². The number of aliphatic imine (C=N–C) groups is 1. The van der Waals surface area contributed by atoms with Crippen LogP contribution in [0.25, 0.3) is 5.57 Å². The standard InChI is InChI=1S/C18H12N2O2/c21-18(22)11-9-13-12-5-1-2-7-16(12)20-17(13)14(10-11)15-6-3-4-8-19-15/h1-10,14H,(H,21,22). The van der Waals surface area contributed by atoms with E-state index in [0.717, 1.165) is 28.2 Å². The first kappa shape index (κ1) is 12.7. The van der Waals surface area contributed by atoms with Gasteiger partial charge in [-0.05, 0) is 24.3 Å². The maximum atomic E-state index is 11.5. The molecule has 0 bridgehead atoms. The molecule has 4 rings (SSSR count). The number of aromatic nitrogens is 1. The summed E-state index contributed by atoms with van der Waals surface area (Å²) in [4.78, 5) is 20.5. The van der Waals surface area contributed by atoms with Crippen LogP contribution >= 0.6 is 0 Å². The van der Waals surface area contributed by atoms with E-state index in [1.165, 1.54) is 0 Å². The van der Waals surface area contributed by atoms with Crippen molar-refractivity contribution in [1.29, 1.82) is 0 Å².